The molecule has 1 atom stereocenters. The van der Waals surface area contributed by atoms with Crippen molar-refractivity contribution in [3.05, 3.63) is 38.5 Å². The smallest absolute Gasteiger partial charge is 0.229 e. The molecule has 21 heavy (non-hydrogen) atoms. The summed E-state index contributed by atoms with van der Waals surface area (Å²) in [6, 6.07) is 2.41. The zero-order valence-corrected chi connectivity index (χ0v) is 14.0. The Bertz CT molecular complexity index is 604. The van der Waals surface area contributed by atoms with E-state index < -0.39 is 0 Å². The van der Waals surface area contributed by atoms with E-state index in [2.05, 4.69) is 35.7 Å². The van der Waals surface area contributed by atoms with E-state index in [9.17, 15) is 4.79 Å². The molecule has 1 saturated heterocycles. The molecule has 1 aliphatic heterocycles. The predicted molar refractivity (Wildman–Crippen MR) is 87.9 cm³/mol. The number of hydrogen-bond donors (Lipinski definition) is 0. The molecule has 3 rings (SSSR count). The van der Waals surface area contributed by atoms with Crippen molar-refractivity contribution < 1.29 is 4.79 Å². The summed E-state index contributed by atoms with van der Waals surface area (Å²) in [6.45, 7) is 5.15. The van der Waals surface area contributed by atoms with Crippen molar-refractivity contribution in [3.63, 3.8) is 0 Å². The third-order valence-electron chi connectivity index (χ3n) is 3.90. The average Bonchev–Trinajstić information content (AvgIpc) is 3.19. The molecule has 0 spiro atoms. The molecule has 112 valence electrons. The zero-order valence-electron chi connectivity index (χ0n) is 12.4. The summed E-state index contributed by atoms with van der Waals surface area (Å²) >= 11 is 3.36. The van der Waals surface area contributed by atoms with Crippen LogP contribution in [-0.2, 0) is 11.2 Å². The Morgan fingerprint density at radius 3 is 3.00 bits per heavy atom. The van der Waals surface area contributed by atoms with Crippen LogP contribution in [0.1, 0.15) is 54.9 Å². The first-order valence-corrected chi connectivity index (χ1v) is 9.23. The van der Waals surface area contributed by atoms with E-state index in [1.54, 1.807) is 22.7 Å². The predicted octanol–water partition coefficient (Wildman–Crippen LogP) is 4.23. The molecule has 2 aromatic rings. The van der Waals surface area contributed by atoms with Crippen LogP contribution in [0, 0.1) is 0 Å². The maximum atomic E-state index is 12.6. The minimum atomic E-state index is 0.212. The lowest BCUT2D eigenvalue weighted by molar-refractivity contribution is -0.131. The van der Waals surface area contributed by atoms with Crippen LogP contribution in [0.5, 0.6) is 0 Å². The molecule has 1 aliphatic rings. The summed E-state index contributed by atoms with van der Waals surface area (Å²) in [7, 11) is 0. The summed E-state index contributed by atoms with van der Waals surface area (Å²) in [6.07, 6.45) is 2.61. The second-order valence-corrected chi connectivity index (χ2v) is 7.48. The van der Waals surface area contributed by atoms with Gasteiger partial charge in [-0.1, -0.05) is 13.8 Å². The maximum absolute atomic E-state index is 12.6. The van der Waals surface area contributed by atoms with Crippen LogP contribution in [0.3, 0.4) is 0 Å². The fourth-order valence-corrected chi connectivity index (χ4v) is 4.34. The van der Waals surface area contributed by atoms with Crippen molar-refractivity contribution in [2.45, 2.75) is 45.1 Å². The third kappa shape index (κ3) is 3.19. The Labute approximate surface area is 133 Å². The Balaban J connectivity index is 1.69. The number of rotatable bonds is 4. The minimum Gasteiger partial charge on any atom is -0.335 e. The molecule has 0 bridgehead atoms. The van der Waals surface area contributed by atoms with Crippen LogP contribution in [-0.4, -0.2) is 22.3 Å². The van der Waals surface area contributed by atoms with Crippen molar-refractivity contribution in [3.8, 4) is 0 Å². The molecule has 1 unspecified atom stereocenters. The molecule has 3 heterocycles. The van der Waals surface area contributed by atoms with Gasteiger partial charge in [0.05, 0.1) is 23.2 Å². The lowest BCUT2D eigenvalue weighted by Crippen LogP contribution is -2.31. The van der Waals surface area contributed by atoms with Crippen LogP contribution < -0.4 is 0 Å². The van der Waals surface area contributed by atoms with Crippen LogP contribution in [0.2, 0.25) is 0 Å². The molecule has 5 heteroatoms. The van der Waals surface area contributed by atoms with Gasteiger partial charge in [0.15, 0.2) is 0 Å². The highest BCUT2D eigenvalue weighted by atomic mass is 32.1. The first-order chi connectivity index (χ1) is 10.1. The Morgan fingerprint density at radius 1 is 1.48 bits per heavy atom. The third-order valence-corrected chi connectivity index (χ3v) is 5.79. The van der Waals surface area contributed by atoms with E-state index in [4.69, 9.17) is 0 Å². The van der Waals surface area contributed by atoms with Crippen molar-refractivity contribution in [2.75, 3.05) is 6.54 Å². The molecule has 0 aliphatic carbocycles. The van der Waals surface area contributed by atoms with Crippen LogP contribution >= 0.6 is 22.7 Å². The largest absolute Gasteiger partial charge is 0.335 e. The fourth-order valence-electron chi connectivity index (χ4n) is 2.80. The number of hydrogen-bond acceptors (Lipinski definition) is 4. The minimum absolute atomic E-state index is 0.212. The van der Waals surface area contributed by atoms with Crippen molar-refractivity contribution in [1.29, 1.82) is 0 Å². The van der Waals surface area contributed by atoms with Crippen LogP contribution in [0.4, 0.5) is 0 Å². The second kappa shape index (κ2) is 6.28. The number of thiophene rings is 1. The highest BCUT2D eigenvalue weighted by Crippen LogP contribution is 2.33. The first-order valence-electron chi connectivity index (χ1n) is 7.41. The van der Waals surface area contributed by atoms with Gasteiger partial charge in [-0.15, -0.1) is 11.3 Å². The number of amides is 1. The average molecular weight is 320 g/mol. The Kier molecular flexibility index (Phi) is 4.40. The molecule has 3 nitrogen and oxygen atoms in total. The van der Waals surface area contributed by atoms with Gasteiger partial charge < -0.3 is 4.90 Å². The molecule has 0 aromatic carbocycles. The van der Waals surface area contributed by atoms with E-state index in [0.717, 1.165) is 30.1 Å². The SMILES string of the molecule is CC(C)c1nc(CC(=O)N2CCCC2c2ccsc2)cs1. The molecule has 0 saturated carbocycles. The maximum Gasteiger partial charge on any atom is 0.229 e. The number of carbonyl (C=O) groups is 1. The topological polar surface area (TPSA) is 33.2 Å². The van der Waals surface area contributed by atoms with Gasteiger partial charge in [0.1, 0.15) is 0 Å². The van der Waals surface area contributed by atoms with Gasteiger partial charge >= 0.3 is 0 Å². The summed E-state index contributed by atoms with van der Waals surface area (Å²) < 4.78 is 0. The molecule has 0 N–H and O–H groups in total. The highest BCUT2D eigenvalue weighted by molar-refractivity contribution is 7.09. The Hall–Kier alpha value is -1.20. The lowest BCUT2D eigenvalue weighted by Gasteiger charge is -2.24. The number of carbonyl (C=O) groups excluding carboxylic acids is 1. The van der Waals surface area contributed by atoms with Gasteiger partial charge in [-0.2, -0.15) is 11.3 Å². The van der Waals surface area contributed by atoms with Gasteiger partial charge in [-0.05, 0) is 35.2 Å². The van der Waals surface area contributed by atoms with Crippen molar-refractivity contribution >= 4 is 28.6 Å². The zero-order chi connectivity index (χ0) is 14.8. The van der Waals surface area contributed by atoms with E-state index in [1.165, 1.54) is 5.56 Å². The fraction of sp³-hybridized carbons (Fsp3) is 0.500. The van der Waals surface area contributed by atoms with Gasteiger partial charge in [-0.25, -0.2) is 4.98 Å². The number of aromatic nitrogens is 1. The molecular formula is C16H20N2OS2. The van der Waals surface area contributed by atoms with Crippen molar-refractivity contribution in [2.24, 2.45) is 0 Å². The normalized spacial score (nSPS) is 18.6. The monoisotopic (exact) mass is 320 g/mol. The molecule has 1 amide bonds. The van der Waals surface area contributed by atoms with Gasteiger partial charge in [0, 0.05) is 17.8 Å². The van der Waals surface area contributed by atoms with Gasteiger partial charge in [0.25, 0.3) is 0 Å². The highest BCUT2D eigenvalue weighted by Gasteiger charge is 2.30. The summed E-state index contributed by atoms with van der Waals surface area (Å²) in [5.74, 6) is 0.647. The van der Waals surface area contributed by atoms with Gasteiger partial charge in [0.2, 0.25) is 5.91 Å². The van der Waals surface area contributed by atoms with E-state index in [-0.39, 0.29) is 11.9 Å². The molecule has 0 radical (unpaired) electrons. The molecular weight excluding hydrogens is 300 g/mol. The molecule has 1 fully saturated rings. The molecule has 2 aromatic heterocycles. The van der Waals surface area contributed by atoms with Crippen LogP contribution in [0.15, 0.2) is 22.2 Å². The summed E-state index contributed by atoms with van der Waals surface area (Å²) in [5.41, 5.74) is 2.21. The second-order valence-electron chi connectivity index (χ2n) is 5.81. The number of nitrogens with zero attached hydrogens (tertiary/aromatic N) is 2. The van der Waals surface area contributed by atoms with Gasteiger partial charge in [-0.3, -0.25) is 4.79 Å². The van der Waals surface area contributed by atoms with Crippen LogP contribution in [0.25, 0.3) is 0 Å². The van der Waals surface area contributed by atoms with E-state index >= 15 is 0 Å². The van der Waals surface area contributed by atoms with E-state index in [0.29, 0.717) is 12.3 Å². The standard InChI is InChI=1S/C16H20N2OS2/c1-11(2)16-17-13(10-21-16)8-15(19)18-6-3-4-14(18)12-5-7-20-9-12/h5,7,9-11,14H,3-4,6,8H2,1-2H3. The summed E-state index contributed by atoms with van der Waals surface area (Å²) in [4.78, 5) is 19.2. The lowest BCUT2D eigenvalue weighted by atomic mass is 10.1. The first kappa shape index (κ1) is 14.7. The van der Waals surface area contributed by atoms with Crippen molar-refractivity contribution in [1.82, 2.24) is 9.88 Å². The quantitative estimate of drug-likeness (QED) is 0.844. The number of likely N-dealkylation sites (tertiary alicyclic amines) is 1. The Morgan fingerprint density at radius 2 is 2.33 bits per heavy atom. The summed E-state index contributed by atoms with van der Waals surface area (Å²) in [5, 5.41) is 7.40. The van der Waals surface area contributed by atoms with E-state index in [1.807, 2.05) is 10.3 Å². The number of thiazole rings is 1.